The number of esters is 1. The van der Waals surface area contributed by atoms with Gasteiger partial charge in [0.2, 0.25) is 0 Å². The van der Waals surface area contributed by atoms with Crippen LogP contribution >= 0.6 is 0 Å². The lowest BCUT2D eigenvalue weighted by atomic mass is 9.95. The van der Waals surface area contributed by atoms with Crippen molar-refractivity contribution < 1.29 is 14.3 Å². The molecule has 0 saturated carbocycles. The maximum absolute atomic E-state index is 12.2. The first-order valence-electron chi connectivity index (χ1n) is 7.21. The molecule has 1 aliphatic rings. The van der Waals surface area contributed by atoms with E-state index in [9.17, 15) is 9.59 Å². The Bertz CT molecular complexity index is 633. The van der Waals surface area contributed by atoms with Crippen molar-refractivity contribution in [2.75, 3.05) is 6.61 Å². The number of ether oxygens (including phenoxy) is 1. The summed E-state index contributed by atoms with van der Waals surface area (Å²) >= 11 is 0. The molecule has 2 amide bonds. The molecule has 0 fully saturated rings. The van der Waals surface area contributed by atoms with Gasteiger partial charge >= 0.3 is 12.0 Å². The number of allylic oxidation sites excluding steroid dienone is 1. The Morgan fingerprint density at radius 3 is 2.64 bits per heavy atom. The minimum atomic E-state index is -0.493. The summed E-state index contributed by atoms with van der Waals surface area (Å²) in [6, 6.07) is 8.93. The van der Waals surface area contributed by atoms with Crippen LogP contribution in [0.3, 0.4) is 0 Å². The van der Waals surface area contributed by atoms with Crippen molar-refractivity contribution in [2.45, 2.75) is 26.8 Å². The van der Waals surface area contributed by atoms with Gasteiger partial charge in [-0.15, -0.1) is 0 Å². The third-order valence-corrected chi connectivity index (χ3v) is 3.41. The molecule has 0 spiro atoms. The van der Waals surface area contributed by atoms with Gasteiger partial charge in [0.05, 0.1) is 18.2 Å². The summed E-state index contributed by atoms with van der Waals surface area (Å²) < 4.78 is 5.10. The van der Waals surface area contributed by atoms with Crippen LogP contribution in [-0.2, 0) is 9.53 Å². The van der Waals surface area contributed by atoms with Gasteiger partial charge in [0.15, 0.2) is 0 Å². The molecule has 1 heterocycles. The highest BCUT2D eigenvalue weighted by Crippen LogP contribution is 2.21. The van der Waals surface area contributed by atoms with Gasteiger partial charge in [-0.2, -0.15) is 0 Å². The zero-order valence-electron chi connectivity index (χ0n) is 13.0. The molecule has 0 bridgehead atoms. The van der Waals surface area contributed by atoms with Crippen LogP contribution in [0.1, 0.15) is 26.3 Å². The zero-order valence-corrected chi connectivity index (χ0v) is 13.0. The van der Waals surface area contributed by atoms with Crippen LogP contribution in [0.4, 0.5) is 4.79 Å². The number of nitrogens with one attached hydrogen (secondary N) is 2. The smallest absolute Gasteiger partial charge is 0.338 e. The minimum absolute atomic E-state index is 0.289. The Balaban J connectivity index is 2.37. The van der Waals surface area contributed by atoms with Crippen LogP contribution in [0.5, 0.6) is 0 Å². The predicted octanol–water partition coefficient (Wildman–Crippen LogP) is 2.61. The van der Waals surface area contributed by atoms with Crippen molar-refractivity contribution in [1.29, 1.82) is 0 Å². The quantitative estimate of drug-likeness (QED) is 0.840. The normalized spacial score (nSPS) is 18.6. The van der Waals surface area contributed by atoms with E-state index in [0.29, 0.717) is 11.3 Å². The Hall–Kier alpha value is -2.56. The van der Waals surface area contributed by atoms with Crippen LogP contribution in [-0.4, -0.2) is 24.6 Å². The molecule has 5 nitrogen and oxygen atoms in total. The van der Waals surface area contributed by atoms with Crippen molar-refractivity contribution in [3.63, 3.8) is 0 Å². The lowest BCUT2D eigenvalue weighted by Crippen LogP contribution is -2.50. The average molecular weight is 300 g/mol. The molecule has 1 aromatic rings. The summed E-state index contributed by atoms with van der Waals surface area (Å²) in [5, 5.41) is 5.40. The van der Waals surface area contributed by atoms with Gasteiger partial charge in [-0.05, 0) is 31.9 Å². The largest absolute Gasteiger partial charge is 0.463 e. The first-order valence-corrected chi connectivity index (χ1v) is 7.21. The van der Waals surface area contributed by atoms with Gasteiger partial charge in [0.25, 0.3) is 0 Å². The maximum atomic E-state index is 12.2. The van der Waals surface area contributed by atoms with Gasteiger partial charge in [0.1, 0.15) is 0 Å². The number of benzene rings is 1. The number of amides is 2. The van der Waals surface area contributed by atoms with Gasteiger partial charge in [0, 0.05) is 5.70 Å². The first kappa shape index (κ1) is 15.8. The fraction of sp³-hybridized carbons (Fsp3) is 0.294. The van der Waals surface area contributed by atoms with E-state index in [1.54, 1.807) is 13.8 Å². The topological polar surface area (TPSA) is 67.4 Å². The van der Waals surface area contributed by atoms with Gasteiger partial charge in [-0.1, -0.05) is 36.4 Å². The first-order chi connectivity index (χ1) is 10.5. The Morgan fingerprint density at radius 2 is 2.00 bits per heavy atom. The summed E-state index contributed by atoms with van der Waals surface area (Å²) in [6.45, 7) is 5.63. The summed E-state index contributed by atoms with van der Waals surface area (Å²) in [6.07, 6.45) is 1.95. The van der Waals surface area contributed by atoms with E-state index in [1.807, 2.05) is 43.3 Å². The van der Waals surface area contributed by atoms with E-state index in [1.165, 1.54) is 0 Å². The highest BCUT2D eigenvalue weighted by Gasteiger charge is 2.31. The summed E-state index contributed by atoms with van der Waals surface area (Å²) in [5.74, 6) is -0.418. The Kier molecular flexibility index (Phi) is 4.99. The van der Waals surface area contributed by atoms with Crippen molar-refractivity contribution in [2.24, 2.45) is 0 Å². The molecular formula is C17H20N2O3. The van der Waals surface area contributed by atoms with Gasteiger partial charge in [-0.3, -0.25) is 0 Å². The molecule has 0 radical (unpaired) electrons. The molecule has 1 aromatic carbocycles. The SMILES string of the molecule is CCOC(=O)C1=C(C)NC(=O)N[C@@H]1/C(C)=C\c1ccccc1. The molecule has 0 saturated heterocycles. The van der Waals surface area contributed by atoms with Crippen LogP contribution in [0.2, 0.25) is 0 Å². The van der Waals surface area contributed by atoms with Crippen LogP contribution in [0.15, 0.2) is 47.2 Å². The van der Waals surface area contributed by atoms with E-state index in [0.717, 1.165) is 11.1 Å². The molecule has 2 rings (SSSR count). The second-order valence-electron chi connectivity index (χ2n) is 5.09. The highest BCUT2D eigenvalue weighted by atomic mass is 16.5. The van der Waals surface area contributed by atoms with E-state index < -0.39 is 12.0 Å². The van der Waals surface area contributed by atoms with Crippen LogP contribution in [0, 0.1) is 0 Å². The zero-order chi connectivity index (χ0) is 16.1. The lowest BCUT2D eigenvalue weighted by molar-refractivity contribution is -0.138. The average Bonchev–Trinajstić information content (AvgIpc) is 2.47. The van der Waals surface area contributed by atoms with E-state index >= 15 is 0 Å². The highest BCUT2D eigenvalue weighted by molar-refractivity contribution is 5.96. The number of urea groups is 1. The molecule has 1 atom stereocenters. The Morgan fingerprint density at radius 1 is 1.32 bits per heavy atom. The molecule has 0 aromatic heterocycles. The van der Waals surface area contributed by atoms with Gasteiger partial charge < -0.3 is 15.4 Å². The van der Waals surface area contributed by atoms with Crippen molar-refractivity contribution in [1.82, 2.24) is 10.6 Å². The second-order valence-corrected chi connectivity index (χ2v) is 5.09. The predicted molar refractivity (Wildman–Crippen MR) is 84.9 cm³/mol. The van der Waals surface area contributed by atoms with E-state index in [2.05, 4.69) is 10.6 Å². The summed E-state index contributed by atoms with van der Waals surface area (Å²) in [7, 11) is 0. The third kappa shape index (κ3) is 3.55. The van der Waals surface area contributed by atoms with E-state index in [-0.39, 0.29) is 12.6 Å². The van der Waals surface area contributed by atoms with Crippen molar-refractivity contribution in [3.05, 3.63) is 52.7 Å². The number of hydrogen-bond donors (Lipinski definition) is 2. The summed E-state index contributed by atoms with van der Waals surface area (Å²) in [4.78, 5) is 23.9. The van der Waals surface area contributed by atoms with Crippen LogP contribution < -0.4 is 10.6 Å². The fourth-order valence-electron chi connectivity index (χ4n) is 2.41. The van der Waals surface area contributed by atoms with Crippen LogP contribution in [0.25, 0.3) is 6.08 Å². The summed E-state index contributed by atoms with van der Waals surface area (Å²) in [5.41, 5.74) is 2.83. The standard InChI is InChI=1S/C17H20N2O3/c1-4-22-16(20)14-12(3)18-17(21)19-15(14)11(2)10-13-8-6-5-7-9-13/h5-10,15H,4H2,1-3H3,(H2,18,19,21)/b11-10-/t15-/m1/s1. The number of carbonyl (C=O) groups excluding carboxylic acids is 2. The minimum Gasteiger partial charge on any atom is -0.463 e. The number of hydrogen-bond acceptors (Lipinski definition) is 3. The molecule has 2 N–H and O–H groups in total. The van der Waals surface area contributed by atoms with Crippen molar-refractivity contribution in [3.8, 4) is 0 Å². The van der Waals surface area contributed by atoms with E-state index in [4.69, 9.17) is 4.74 Å². The third-order valence-electron chi connectivity index (χ3n) is 3.41. The molecule has 22 heavy (non-hydrogen) atoms. The number of rotatable bonds is 4. The molecular weight excluding hydrogens is 280 g/mol. The molecule has 116 valence electrons. The second kappa shape index (κ2) is 6.93. The number of carbonyl (C=O) groups is 2. The van der Waals surface area contributed by atoms with Gasteiger partial charge in [-0.25, -0.2) is 9.59 Å². The Labute approximate surface area is 130 Å². The lowest BCUT2D eigenvalue weighted by Gasteiger charge is -2.28. The molecule has 1 aliphatic heterocycles. The molecule has 0 unspecified atom stereocenters. The maximum Gasteiger partial charge on any atom is 0.338 e. The molecule has 0 aliphatic carbocycles. The van der Waals surface area contributed by atoms with Crippen molar-refractivity contribution >= 4 is 18.1 Å². The monoisotopic (exact) mass is 300 g/mol. The fourth-order valence-corrected chi connectivity index (χ4v) is 2.41. The molecule has 5 heteroatoms.